The fraction of sp³-hybridized carbons (Fsp3) is 0.636. The molecule has 0 radical (unpaired) electrons. The van der Waals surface area contributed by atoms with Crippen molar-refractivity contribution in [2.75, 3.05) is 7.05 Å². The van der Waals surface area contributed by atoms with Gasteiger partial charge < -0.3 is 5.32 Å². The van der Waals surface area contributed by atoms with Crippen LogP contribution in [0.25, 0.3) is 0 Å². The topological polar surface area (TPSA) is 58.2 Å². The minimum Gasteiger partial charge on any atom is -0.315 e. The molecule has 0 spiro atoms. The smallest absolute Gasteiger partial charge is 0.241 e. The molecule has 98 valence electrons. The molecule has 4 nitrogen and oxygen atoms in total. The van der Waals surface area contributed by atoms with Crippen molar-refractivity contribution in [1.82, 2.24) is 10.0 Å². The van der Waals surface area contributed by atoms with E-state index >= 15 is 0 Å². The van der Waals surface area contributed by atoms with Gasteiger partial charge in [-0.1, -0.05) is 6.92 Å². The zero-order valence-electron chi connectivity index (χ0n) is 10.7. The van der Waals surface area contributed by atoms with Gasteiger partial charge in [0.15, 0.2) is 0 Å². The summed E-state index contributed by atoms with van der Waals surface area (Å²) in [6, 6.07) is 1.72. The first-order valence-electron chi connectivity index (χ1n) is 5.57. The van der Waals surface area contributed by atoms with Crippen molar-refractivity contribution < 1.29 is 8.42 Å². The monoisotopic (exact) mass is 276 g/mol. The lowest BCUT2D eigenvalue weighted by molar-refractivity contribution is 0.439. The van der Waals surface area contributed by atoms with E-state index in [2.05, 4.69) is 10.0 Å². The number of nitrogens with one attached hydrogen (secondary N) is 2. The molecule has 0 aliphatic heterocycles. The maximum Gasteiger partial charge on any atom is 0.241 e. The molecule has 0 aliphatic carbocycles. The fourth-order valence-electron chi connectivity index (χ4n) is 1.26. The first-order chi connectivity index (χ1) is 7.80. The van der Waals surface area contributed by atoms with Gasteiger partial charge in [0, 0.05) is 22.3 Å². The summed E-state index contributed by atoms with van der Waals surface area (Å²) < 4.78 is 26.9. The van der Waals surface area contributed by atoms with Gasteiger partial charge in [0.05, 0.1) is 4.90 Å². The minimum absolute atomic E-state index is 0.356. The lowest BCUT2D eigenvalue weighted by Gasteiger charge is -2.23. The van der Waals surface area contributed by atoms with Gasteiger partial charge in [-0.15, -0.1) is 11.3 Å². The highest BCUT2D eigenvalue weighted by Gasteiger charge is 2.25. The molecular formula is C11H20N2O2S2. The Morgan fingerprint density at radius 1 is 1.41 bits per heavy atom. The number of thiophene rings is 1. The second-order valence-electron chi connectivity index (χ2n) is 4.62. The van der Waals surface area contributed by atoms with Crippen LogP contribution >= 0.6 is 11.3 Å². The summed E-state index contributed by atoms with van der Waals surface area (Å²) in [5, 5.41) is 4.68. The number of sulfonamides is 1. The molecule has 6 heteroatoms. The molecule has 0 amide bonds. The predicted octanol–water partition coefficient (Wildman–Crippen LogP) is 1.93. The second-order valence-corrected chi connectivity index (χ2v) is 7.30. The summed E-state index contributed by atoms with van der Waals surface area (Å²) in [5.74, 6) is 0. The Morgan fingerprint density at radius 2 is 2.06 bits per heavy atom. The Labute approximate surface area is 107 Å². The van der Waals surface area contributed by atoms with E-state index in [1.54, 1.807) is 11.4 Å². The van der Waals surface area contributed by atoms with Crippen molar-refractivity contribution >= 4 is 21.4 Å². The predicted molar refractivity (Wildman–Crippen MR) is 71.8 cm³/mol. The van der Waals surface area contributed by atoms with Crippen LogP contribution < -0.4 is 10.0 Å². The first kappa shape index (κ1) is 14.6. The van der Waals surface area contributed by atoms with Crippen LogP contribution in [-0.4, -0.2) is 21.0 Å². The van der Waals surface area contributed by atoms with E-state index in [4.69, 9.17) is 0 Å². The van der Waals surface area contributed by atoms with Gasteiger partial charge in [0.1, 0.15) is 0 Å². The van der Waals surface area contributed by atoms with E-state index < -0.39 is 15.6 Å². The average molecular weight is 276 g/mol. The fourth-order valence-corrected chi connectivity index (χ4v) is 4.03. The summed E-state index contributed by atoms with van der Waals surface area (Å²) in [6.07, 6.45) is 0.750. The third-order valence-electron chi connectivity index (χ3n) is 2.59. The molecule has 0 atom stereocenters. The van der Waals surface area contributed by atoms with Crippen LogP contribution in [0.4, 0.5) is 0 Å². The summed E-state index contributed by atoms with van der Waals surface area (Å²) in [7, 11) is -1.56. The van der Waals surface area contributed by atoms with Crippen LogP contribution in [0.5, 0.6) is 0 Å². The van der Waals surface area contributed by atoms with Crippen LogP contribution in [0, 0.1) is 0 Å². The van der Waals surface area contributed by atoms with Crippen LogP contribution in [-0.2, 0) is 16.6 Å². The zero-order valence-corrected chi connectivity index (χ0v) is 12.3. The first-order valence-corrected chi connectivity index (χ1v) is 7.93. The highest BCUT2D eigenvalue weighted by molar-refractivity contribution is 7.89. The summed E-state index contributed by atoms with van der Waals surface area (Å²) in [5.41, 5.74) is -0.413. The van der Waals surface area contributed by atoms with Crippen LogP contribution in [0.3, 0.4) is 0 Å². The standard InChI is InChI=1S/C11H20N2O2S2/c1-5-11(2,3)13-17(14,15)10-6-9(7-12-4)16-8-10/h6,8,12-13H,5,7H2,1-4H3. The molecule has 0 aliphatic rings. The lowest BCUT2D eigenvalue weighted by atomic mass is 10.0. The van der Waals surface area contributed by atoms with Gasteiger partial charge in [-0.3, -0.25) is 0 Å². The Bertz CT molecular complexity index is 464. The SMILES string of the molecule is CCC(C)(C)NS(=O)(=O)c1csc(CNC)c1. The van der Waals surface area contributed by atoms with E-state index in [9.17, 15) is 8.42 Å². The van der Waals surface area contributed by atoms with E-state index in [-0.39, 0.29) is 0 Å². The quantitative estimate of drug-likeness (QED) is 0.835. The molecule has 1 heterocycles. The van der Waals surface area contributed by atoms with E-state index in [0.717, 1.165) is 11.3 Å². The molecule has 17 heavy (non-hydrogen) atoms. The number of rotatable bonds is 6. The Morgan fingerprint density at radius 3 is 2.59 bits per heavy atom. The highest BCUT2D eigenvalue weighted by Crippen LogP contribution is 2.21. The summed E-state index contributed by atoms with van der Waals surface area (Å²) >= 11 is 1.45. The van der Waals surface area contributed by atoms with Gasteiger partial charge in [0.25, 0.3) is 0 Å². The third kappa shape index (κ3) is 4.06. The van der Waals surface area contributed by atoms with Crippen molar-refractivity contribution in [2.24, 2.45) is 0 Å². The molecule has 2 N–H and O–H groups in total. The number of hydrogen-bond acceptors (Lipinski definition) is 4. The third-order valence-corrected chi connectivity index (χ3v) is 5.35. The summed E-state index contributed by atoms with van der Waals surface area (Å²) in [6.45, 7) is 6.41. The molecule has 1 aromatic heterocycles. The van der Waals surface area contributed by atoms with Gasteiger partial charge in [-0.05, 0) is 33.4 Å². The second kappa shape index (κ2) is 5.48. The largest absolute Gasteiger partial charge is 0.315 e. The van der Waals surface area contributed by atoms with Crippen molar-refractivity contribution in [2.45, 2.75) is 44.2 Å². The Balaban J connectivity index is 2.89. The normalized spacial score (nSPS) is 12.9. The molecule has 0 saturated heterocycles. The van der Waals surface area contributed by atoms with Crippen molar-refractivity contribution in [3.05, 3.63) is 16.3 Å². The van der Waals surface area contributed by atoms with E-state index in [1.807, 2.05) is 27.8 Å². The van der Waals surface area contributed by atoms with Crippen LogP contribution in [0.2, 0.25) is 0 Å². The molecule has 0 fully saturated rings. The highest BCUT2D eigenvalue weighted by atomic mass is 32.2. The zero-order chi connectivity index (χ0) is 13.1. The molecule has 1 rings (SSSR count). The Kier molecular flexibility index (Phi) is 4.71. The van der Waals surface area contributed by atoms with E-state index in [0.29, 0.717) is 11.4 Å². The number of hydrogen-bond donors (Lipinski definition) is 2. The molecular weight excluding hydrogens is 256 g/mol. The summed E-state index contributed by atoms with van der Waals surface area (Å²) in [4.78, 5) is 1.37. The molecule has 0 aromatic carbocycles. The van der Waals surface area contributed by atoms with Crippen molar-refractivity contribution in [3.8, 4) is 0 Å². The van der Waals surface area contributed by atoms with E-state index in [1.165, 1.54) is 11.3 Å². The lowest BCUT2D eigenvalue weighted by Crippen LogP contribution is -2.42. The minimum atomic E-state index is -3.39. The van der Waals surface area contributed by atoms with Gasteiger partial charge in [0.2, 0.25) is 10.0 Å². The van der Waals surface area contributed by atoms with Gasteiger partial charge in [-0.2, -0.15) is 0 Å². The molecule has 0 bridgehead atoms. The van der Waals surface area contributed by atoms with Crippen LogP contribution in [0.15, 0.2) is 16.3 Å². The van der Waals surface area contributed by atoms with Crippen molar-refractivity contribution in [3.63, 3.8) is 0 Å². The van der Waals surface area contributed by atoms with Crippen molar-refractivity contribution in [1.29, 1.82) is 0 Å². The molecule has 0 unspecified atom stereocenters. The maximum atomic E-state index is 12.1. The van der Waals surface area contributed by atoms with Crippen LogP contribution in [0.1, 0.15) is 32.1 Å². The average Bonchev–Trinajstić information content (AvgIpc) is 2.66. The molecule has 1 aromatic rings. The molecule has 0 saturated carbocycles. The maximum absolute atomic E-state index is 12.1. The van der Waals surface area contributed by atoms with Gasteiger partial charge in [-0.25, -0.2) is 13.1 Å². The van der Waals surface area contributed by atoms with Gasteiger partial charge >= 0.3 is 0 Å². The Hall–Kier alpha value is -0.430.